The Hall–Kier alpha value is -3.34. The van der Waals surface area contributed by atoms with Gasteiger partial charge in [0.25, 0.3) is 0 Å². The first-order chi connectivity index (χ1) is 11.6. The lowest BCUT2D eigenvalue weighted by Crippen LogP contribution is -1.92. The van der Waals surface area contributed by atoms with Gasteiger partial charge < -0.3 is 10.2 Å². The number of nitrogens with zero attached hydrogens (tertiary/aromatic N) is 2. The highest BCUT2D eigenvalue weighted by molar-refractivity contribution is 5.79. The number of imidazole rings is 1. The molecule has 0 aliphatic heterocycles. The molecule has 24 heavy (non-hydrogen) atoms. The molecule has 4 rings (SSSR count). The zero-order valence-corrected chi connectivity index (χ0v) is 12.5. The minimum absolute atomic E-state index is 0.229. The monoisotopic (exact) mass is 320 g/mol. The van der Waals surface area contributed by atoms with E-state index in [9.17, 15) is 14.6 Å². The van der Waals surface area contributed by atoms with Crippen molar-refractivity contribution in [2.45, 2.75) is 0 Å². The van der Waals surface area contributed by atoms with Gasteiger partial charge in [-0.15, -0.1) is 0 Å². The van der Waals surface area contributed by atoms with Crippen LogP contribution in [0.25, 0.3) is 27.8 Å². The standard InChI is InChI=1S/C19H13FN2O2/c20-16-9-17-18(10-19(16)24)22(11-21-17)14-5-1-12(2-6-14)13-3-7-15(23)8-4-13/h1-11,23-24H. The van der Waals surface area contributed by atoms with Crippen molar-refractivity contribution in [3.8, 4) is 28.3 Å². The number of hydrogen-bond acceptors (Lipinski definition) is 3. The number of aromatic nitrogens is 2. The van der Waals surface area contributed by atoms with Crippen LogP contribution >= 0.6 is 0 Å². The average molecular weight is 320 g/mol. The molecule has 0 atom stereocenters. The predicted octanol–water partition coefficient (Wildman–Crippen LogP) is 4.24. The van der Waals surface area contributed by atoms with E-state index in [1.165, 1.54) is 12.1 Å². The van der Waals surface area contributed by atoms with Crippen LogP contribution in [0.15, 0.2) is 67.0 Å². The van der Waals surface area contributed by atoms with Crippen LogP contribution in [0.3, 0.4) is 0 Å². The smallest absolute Gasteiger partial charge is 0.167 e. The molecular formula is C19H13FN2O2. The molecule has 4 aromatic rings. The van der Waals surface area contributed by atoms with Crippen LogP contribution < -0.4 is 0 Å². The maximum Gasteiger partial charge on any atom is 0.167 e. The van der Waals surface area contributed by atoms with Gasteiger partial charge in [0.05, 0.1) is 11.0 Å². The van der Waals surface area contributed by atoms with Crippen LogP contribution in [0.4, 0.5) is 4.39 Å². The number of fused-ring (bicyclic) bond motifs is 1. The fourth-order valence-corrected chi connectivity index (χ4v) is 2.69. The first kappa shape index (κ1) is 14.3. The molecule has 0 aliphatic rings. The van der Waals surface area contributed by atoms with E-state index < -0.39 is 11.6 Å². The highest BCUT2D eigenvalue weighted by Crippen LogP contribution is 2.27. The second kappa shape index (κ2) is 5.38. The van der Waals surface area contributed by atoms with E-state index in [1.807, 2.05) is 36.4 Å². The summed E-state index contributed by atoms with van der Waals surface area (Å²) in [6.07, 6.45) is 1.60. The molecule has 1 aromatic heterocycles. The Balaban J connectivity index is 1.75. The van der Waals surface area contributed by atoms with Crippen LogP contribution in [-0.2, 0) is 0 Å². The van der Waals surface area contributed by atoms with E-state index in [2.05, 4.69) is 4.98 Å². The van der Waals surface area contributed by atoms with Crippen molar-refractivity contribution < 1.29 is 14.6 Å². The highest BCUT2D eigenvalue weighted by Gasteiger charge is 2.10. The minimum Gasteiger partial charge on any atom is -0.508 e. The second-order valence-electron chi connectivity index (χ2n) is 5.50. The van der Waals surface area contributed by atoms with Gasteiger partial charge in [0.2, 0.25) is 0 Å². The lowest BCUT2D eigenvalue weighted by atomic mass is 10.1. The molecule has 0 fully saturated rings. The van der Waals surface area contributed by atoms with Crippen LogP contribution in [0.5, 0.6) is 11.5 Å². The Bertz CT molecular complexity index is 1020. The van der Waals surface area contributed by atoms with Gasteiger partial charge in [-0.3, -0.25) is 4.57 Å². The maximum atomic E-state index is 13.4. The van der Waals surface area contributed by atoms with Gasteiger partial charge in [0.15, 0.2) is 11.6 Å². The Morgan fingerprint density at radius 3 is 2.12 bits per heavy atom. The van der Waals surface area contributed by atoms with Gasteiger partial charge >= 0.3 is 0 Å². The molecule has 0 spiro atoms. The Labute approximate surface area is 137 Å². The largest absolute Gasteiger partial charge is 0.508 e. The number of phenols is 2. The SMILES string of the molecule is Oc1ccc(-c2ccc(-n3cnc4cc(F)c(O)cc43)cc2)cc1. The van der Waals surface area contributed by atoms with E-state index in [0.717, 1.165) is 16.8 Å². The topological polar surface area (TPSA) is 58.3 Å². The number of rotatable bonds is 2. The molecule has 5 heteroatoms. The van der Waals surface area contributed by atoms with Crippen molar-refractivity contribution in [2.75, 3.05) is 0 Å². The van der Waals surface area contributed by atoms with E-state index in [-0.39, 0.29) is 5.75 Å². The predicted molar refractivity (Wildman–Crippen MR) is 89.8 cm³/mol. The van der Waals surface area contributed by atoms with Gasteiger partial charge in [-0.2, -0.15) is 0 Å². The fraction of sp³-hybridized carbons (Fsp3) is 0. The highest BCUT2D eigenvalue weighted by atomic mass is 19.1. The van der Waals surface area contributed by atoms with E-state index >= 15 is 0 Å². The summed E-state index contributed by atoms with van der Waals surface area (Å²) >= 11 is 0. The number of aromatic hydroxyl groups is 2. The average Bonchev–Trinajstić information content (AvgIpc) is 2.99. The van der Waals surface area contributed by atoms with Crippen LogP contribution in [-0.4, -0.2) is 19.8 Å². The lowest BCUT2D eigenvalue weighted by Gasteiger charge is -2.07. The van der Waals surface area contributed by atoms with E-state index in [1.54, 1.807) is 23.0 Å². The summed E-state index contributed by atoms with van der Waals surface area (Å²) in [5.74, 6) is -0.854. The van der Waals surface area contributed by atoms with Crippen molar-refractivity contribution in [1.82, 2.24) is 9.55 Å². The molecule has 118 valence electrons. The van der Waals surface area contributed by atoms with Gasteiger partial charge in [-0.25, -0.2) is 9.37 Å². The molecule has 0 aliphatic carbocycles. The Kier molecular flexibility index (Phi) is 3.20. The van der Waals surface area contributed by atoms with Crippen LogP contribution in [0.1, 0.15) is 0 Å². The molecular weight excluding hydrogens is 307 g/mol. The molecule has 0 amide bonds. The zero-order chi connectivity index (χ0) is 16.7. The quantitative estimate of drug-likeness (QED) is 0.581. The zero-order valence-electron chi connectivity index (χ0n) is 12.5. The molecule has 0 radical (unpaired) electrons. The second-order valence-corrected chi connectivity index (χ2v) is 5.50. The minimum atomic E-state index is -0.685. The third-order valence-electron chi connectivity index (χ3n) is 3.96. The number of halogens is 1. The van der Waals surface area contributed by atoms with E-state index in [4.69, 9.17) is 0 Å². The molecule has 1 heterocycles. The summed E-state index contributed by atoms with van der Waals surface area (Å²) in [7, 11) is 0. The summed E-state index contributed by atoms with van der Waals surface area (Å²) in [6, 6.07) is 17.3. The Morgan fingerprint density at radius 1 is 0.833 bits per heavy atom. The van der Waals surface area contributed by atoms with E-state index in [0.29, 0.717) is 11.0 Å². The molecule has 0 saturated heterocycles. The summed E-state index contributed by atoms with van der Waals surface area (Å²) in [5.41, 5.74) is 3.97. The summed E-state index contributed by atoms with van der Waals surface area (Å²) in [4.78, 5) is 4.17. The molecule has 3 aromatic carbocycles. The summed E-state index contributed by atoms with van der Waals surface area (Å²) in [5, 5.41) is 18.9. The molecule has 0 unspecified atom stereocenters. The molecule has 0 saturated carbocycles. The molecule has 0 bridgehead atoms. The maximum absolute atomic E-state index is 13.4. The lowest BCUT2D eigenvalue weighted by molar-refractivity contribution is 0.433. The van der Waals surface area contributed by atoms with Crippen molar-refractivity contribution in [2.24, 2.45) is 0 Å². The summed E-state index contributed by atoms with van der Waals surface area (Å²) < 4.78 is 15.2. The third kappa shape index (κ3) is 2.36. The van der Waals surface area contributed by atoms with Crippen LogP contribution in [0.2, 0.25) is 0 Å². The van der Waals surface area contributed by atoms with Crippen molar-refractivity contribution >= 4 is 11.0 Å². The first-order valence-corrected chi connectivity index (χ1v) is 7.37. The number of benzene rings is 3. The van der Waals surface area contributed by atoms with Gasteiger partial charge in [-0.1, -0.05) is 24.3 Å². The van der Waals surface area contributed by atoms with Crippen molar-refractivity contribution in [3.63, 3.8) is 0 Å². The van der Waals surface area contributed by atoms with Crippen molar-refractivity contribution in [3.05, 3.63) is 72.8 Å². The summed E-state index contributed by atoms with van der Waals surface area (Å²) in [6.45, 7) is 0. The van der Waals surface area contributed by atoms with Crippen molar-refractivity contribution in [1.29, 1.82) is 0 Å². The third-order valence-corrected chi connectivity index (χ3v) is 3.96. The van der Waals surface area contributed by atoms with Gasteiger partial charge in [0, 0.05) is 17.8 Å². The molecule has 2 N–H and O–H groups in total. The van der Waals surface area contributed by atoms with Gasteiger partial charge in [0.1, 0.15) is 12.1 Å². The van der Waals surface area contributed by atoms with Crippen LogP contribution in [0, 0.1) is 5.82 Å². The van der Waals surface area contributed by atoms with Gasteiger partial charge in [-0.05, 0) is 35.4 Å². The first-order valence-electron chi connectivity index (χ1n) is 7.37. The molecule has 4 nitrogen and oxygen atoms in total. The number of hydrogen-bond donors (Lipinski definition) is 2. The number of phenolic OH excluding ortho intramolecular Hbond substituents is 2. The normalized spacial score (nSPS) is 11.0. The Morgan fingerprint density at radius 2 is 1.46 bits per heavy atom. The fourth-order valence-electron chi connectivity index (χ4n) is 2.69.